The molecule has 0 saturated carbocycles. The summed E-state index contributed by atoms with van der Waals surface area (Å²) in [6.07, 6.45) is -0.129. The molecule has 0 atom stereocenters. The number of nitrogens with one attached hydrogen (secondary N) is 1. The van der Waals surface area contributed by atoms with Gasteiger partial charge < -0.3 is 19.5 Å². The summed E-state index contributed by atoms with van der Waals surface area (Å²) in [5.41, 5.74) is 1.59. The average Bonchev–Trinajstić information content (AvgIpc) is 3.00. The van der Waals surface area contributed by atoms with Crippen LogP contribution in [0.5, 0.6) is 0 Å². The van der Waals surface area contributed by atoms with Crippen LogP contribution in [0.1, 0.15) is 31.6 Å². The van der Waals surface area contributed by atoms with Crippen LogP contribution in [-0.2, 0) is 23.8 Å². The van der Waals surface area contributed by atoms with Crippen LogP contribution in [0.15, 0.2) is 24.3 Å². The number of amides is 1. The molecule has 1 aliphatic heterocycles. The lowest BCUT2D eigenvalue weighted by atomic mass is 10.2. The molecular formula is C15H19NO5. The van der Waals surface area contributed by atoms with Gasteiger partial charge in [-0.25, -0.2) is 0 Å². The Labute approximate surface area is 123 Å². The average molecular weight is 293 g/mol. The lowest BCUT2D eigenvalue weighted by molar-refractivity contribution is -0.144. The van der Waals surface area contributed by atoms with Gasteiger partial charge in [0, 0.05) is 17.7 Å². The van der Waals surface area contributed by atoms with Gasteiger partial charge in [0.1, 0.15) is 0 Å². The molecule has 6 nitrogen and oxygen atoms in total. The number of rotatable bonds is 6. The van der Waals surface area contributed by atoms with Crippen molar-refractivity contribution in [1.29, 1.82) is 0 Å². The fourth-order valence-electron chi connectivity index (χ4n) is 1.95. The maximum absolute atomic E-state index is 11.7. The summed E-state index contributed by atoms with van der Waals surface area (Å²) < 4.78 is 15.5. The highest BCUT2D eigenvalue weighted by atomic mass is 16.7. The van der Waals surface area contributed by atoms with Gasteiger partial charge in [-0.05, 0) is 19.1 Å². The molecule has 21 heavy (non-hydrogen) atoms. The molecule has 2 rings (SSSR count). The molecule has 0 spiro atoms. The molecule has 0 aromatic heterocycles. The molecule has 1 amide bonds. The van der Waals surface area contributed by atoms with Crippen LogP contribution in [0.2, 0.25) is 0 Å². The fourth-order valence-corrected chi connectivity index (χ4v) is 1.95. The molecule has 1 aliphatic rings. The number of anilines is 1. The second kappa shape index (κ2) is 7.75. The van der Waals surface area contributed by atoms with Crippen LogP contribution >= 0.6 is 0 Å². The lowest BCUT2D eigenvalue weighted by Crippen LogP contribution is -2.14. The van der Waals surface area contributed by atoms with E-state index in [-0.39, 0.29) is 31.0 Å². The summed E-state index contributed by atoms with van der Waals surface area (Å²) >= 11 is 0. The van der Waals surface area contributed by atoms with E-state index in [0.29, 0.717) is 25.5 Å². The van der Waals surface area contributed by atoms with Crippen molar-refractivity contribution in [1.82, 2.24) is 0 Å². The van der Waals surface area contributed by atoms with Crippen LogP contribution < -0.4 is 5.32 Å². The quantitative estimate of drug-likeness (QED) is 0.812. The normalized spacial score (nSPS) is 14.9. The molecule has 0 aliphatic carbocycles. The smallest absolute Gasteiger partial charge is 0.306 e. The number of carbonyl (C=O) groups is 2. The summed E-state index contributed by atoms with van der Waals surface area (Å²) in [7, 11) is 0. The largest absolute Gasteiger partial charge is 0.466 e. The summed E-state index contributed by atoms with van der Waals surface area (Å²) in [5, 5.41) is 2.73. The van der Waals surface area contributed by atoms with Gasteiger partial charge in [-0.15, -0.1) is 0 Å². The highest BCUT2D eigenvalue weighted by Crippen LogP contribution is 2.24. The molecular weight excluding hydrogens is 274 g/mol. The molecule has 0 radical (unpaired) electrons. The van der Waals surface area contributed by atoms with Crippen LogP contribution in [0.3, 0.4) is 0 Å². The van der Waals surface area contributed by atoms with Gasteiger partial charge in [-0.3, -0.25) is 9.59 Å². The van der Waals surface area contributed by atoms with Crippen LogP contribution in [0, 0.1) is 0 Å². The Morgan fingerprint density at radius 2 is 1.86 bits per heavy atom. The van der Waals surface area contributed by atoms with Gasteiger partial charge in [0.25, 0.3) is 0 Å². The Kier molecular flexibility index (Phi) is 5.71. The van der Waals surface area contributed by atoms with Gasteiger partial charge in [0.2, 0.25) is 5.91 Å². The molecule has 0 unspecified atom stereocenters. The predicted octanol–water partition coefficient (Wildman–Crippen LogP) is 2.01. The Hall–Kier alpha value is -1.92. The highest BCUT2D eigenvalue weighted by molar-refractivity contribution is 5.92. The maximum Gasteiger partial charge on any atom is 0.306 e. The van der Waals surface area contributed by atoms with Crippen molar-refractivity contribution >= 4 is 17.6 Å². The monoisotopic (exact) mass is 293 g/mol. The maximum atomic E-state index is 11.7. The molecule has 1 aromatic carbocycles. The zero-order chi connectivity index (χ0) is 15.1. The van der Waals surface area contributed by atoms with Gasteiger partial charge in [0.15, 0.2) is 6.29 Å². The summed E-state index contributed by atoms with van der Waals surface area (Å²) in [5.74, 6) is -0.581. The first-order valence-electron chi connectivity index (χ1n) is 6.97. The van der Waals surface area contributed by atoms with Crippen LogP contribution in [0.4, 0.5) is 5.69 Å². The third-order valence-corrected chi connectivity index (χ3v) is 2.95. The summed E-state index contributed by atoms with van der Waals surface area (Å²) in [4.78, 5) is 22.9. The molecule has 1 saturated heterocycles. The molecule has 1 fully saturated rings. The van der Waals surface area contributed by atoms with E-state index in [1.165, 1.54) is 0 Å². The van der Waals surface area contributed by atoms with Crippen LogP contribution in [-0.4, -0.2) is 31.7 Å². The molecule has 6 heteroatoms. The molecule has 0 bridgehead atoms. The number of hydrogen-bond acceptors (Lipinski definition) is 5. The van der Waals surface area contributed by atoms with E-state index in [1.807, 2.05) is 12.1 Å². The molecule has 1 N–H and O–H groups in total. The fraction of sp³-hybridized carbons (Fsp3) is 0.467. The van der Waals surface area contributed by atoms with E-state index < -0.39 is 0 Å². The van der Waals surface area contributed by atoms with Crippen molar-refractivity contribution in [2.24, 2.45) is 0 Å². The highest BCUT2D eigenvalue weighted by Gasteiger charge is 2.17. The first-order valence-corrected chi connectivity index (χ1v) is 6.97. The SMILES string of the molecule is CCOC(=O)CCC(=O)Nc1ccc(C2OCCO2)cc1. The summed E-state index contributed by atoms with van der Waals surface area (Å²) in [6, 6.07) is 7.25. The summed E-state index contributed by atoms with van der Waals surface area (Å²) in [6.45, 7) is 3.25. The first kappa shape index (κ1) is 15.5. The minimum Gasteiger partial charge on any atom is -0.466 e. The van der Waals surface area contributed by atoms with Crippen LogP contribution in [0.25, 0.3) is 0 Å². The number of hydrogen-bond donors (Lipinski definition) is 1. The Bertz CT molecular complexity index is 479. The third kappa shape index (κ3) is 4.84. The van der Waals surface area contributed by atoms with E-state index in [1.54, 1.807) is 19.1 Å². The van der Waals surface area contributed by atoms with Gasteiger partial charge >= 0.3 is 5.97 Å². The molecule has 114 valence electrons. The van der Waals surface area contributed by atoms with Crippen molar-refractivity contribution < 1.29 is 23.8 Å². The number of esters is 1. The predicted molar refractivity (Wildman–Crippen MR) is 75.6 cm³/mol. The van der Waals surface area contributed by atoms with Crippen molar-refractivity contribution in [3.8, 4) is 0 Å². The number of carbonyl (C=O) groups excluding carboxylic acids is 2. The second-order valence-corrected chi connectivity index (χ2v) is 4.55. The van der Waals surface area contributed by atoms with Crippen molar-refractivity contribution in [3.63, 3.8) is 0 Å². The van der Waals surface area contributed by atoms with Crippen molar-refractivity contribution in [3.05, 3.63) is 29.8 Å². The van der Waals surface area contributed by atoms with Gasteiger partial charge in [-0.1, -0.05) is 12.1 Å². The van der Waals surface area contributed by atoms with E-state index in [2.05, 4.69) is 5.32 Å². The van der Waals surface area contributed by atoms with E-state index in [9.17, 15) is 9.59 Å². The Morgan fingerprint density at radius 3 is 2.48 bits per heavy atom. The van der Waals surface area contributed by atoms with Gasteiger partial charge in [-0.2, -0.15) is 0 Å². The Morgan fingerprint density at radius 1 is 1.19 bits per heavy atom. The lowest BCUT2D eigenvalue weighted by Gasteiger charge is -2.10. The minimum atomic E-state index is -0.362. The molecule has 1 aromatic rings. The van der Waals surface area contributed by atoms with E-state index in [0.717, 1.165) is 5.56 Å². The van der Waals surface area contributed by atoms with Crippen molar-refractivity contribution in [2.45, 2.75) is 26.1 Å². The number of ether oxygens (including phenoxy) is 3. The van der Waals surface area contributed by atoms with E-state index >= 15 is 0 Å². The standard InChI is InChI=1S/C15H19NO5/c1-2-19-14(18)8-7-13(17)16-12-5-3-11(4-6-12)15-20-9-10-21-15/h3-6,15H,2,7-10H2,1H3,(H,16,17). The molecule has 1 heterocycles. The zero-order valence-electron chi connectivity index (χ0n) is 12.0. The third-order valence-electron chi connectivity index (χ3n) is 2.95. The minimum absolute atomic E-state index is 0.0848. The second-order valence-electron chi connectivity index (χ2n) is 4.55. The zero-order valence-corrected chi connectivity index (χ0v) is 12.0. The topological polar surface area (TPSA) is 73.9 Å². The first-order chi connectivity index (χ1) is 10.2. The van der Waals surface area contributed by atoms with Gasteiger partial charge in [0.05, 0.1) is 26.2 Å². The number of benzene rings is 1. The van der Waals surface area contributed by atoms with E-state index in [4.69, 9.17) is 14.2 Å². The Balaban J connectivity index is 1.79. The van der Waals surface area contributed by atoms with Crippen molar-refractivity contribution in [2.75, 3.05) is 25.1 Å².